The van der Waals surface area contributed by atoms with Crippen LogP contribution in [0.15, 0.2) is 23.1 Å². The highest BCUT2D eigenvalue weighted by molar-refractivity contribution is 5.73. The molecule has 0 saturated heterocycles. The zero-order valence-electron chi connectivity index (χ0n) is 9.62. The first-order chi connectivity index (χ1) is 7.63. The Morgan fingerprint density at radius 2 is 2.12 bits per heavy atom. The zero-order chi connectivity index (χ0) is 12.0. The van der Waals surface area contributed by atoms with Crippen LogP contribution in [0, 0.1) is 0 Å². The molecule has 0 radical (unpaired) electrons. The van der Waals surface area contributed by atoms with E-state index in [0.29, 0.717) is 13.1 Å². The Hall–Kier alpha value is -1.78. The number of urea groups is 1. The number of nitrogens with one attached hydrogen (secondary N) is 2. The van der Waals surface area contributed by atoms with E-state index in [1.54, 1.807) is 19.3 Å². The molecule has 2 amide bonds. The molecule has 0 fully saturated rings. The number of aromatic nitrogens is 1. The van der Waals surface area contributed by atoms with Crippen LogP contribution in [-0.2, 0) is 13.6 Å². The highest BCUT2D eigenvalue weighted by Gasteiger charge is 1.99. The summed E-state index contributed by atoms with van der Waals surface area (Å²) in [6.07, 6.45) is 2.62. The lowest BCUT2D eigenvalue weighted by Gasteiger charge is -2.07. The Bertz CT molecular complexity index is 412. The largest absolute Gasteiger partial charge is 0.338 e. The average molecular weight is 223 g/mol. The zero-order valence-corrected chi connectivity index (χ0v) is 9.62. The van der Waals surface area contributed by atoms with E-state index in [1.165, 1.54) is 10.6 Å². The minimum absolute atomic E-state index is 0.0563. The van der Waals surface area contributed by atoms with Gasteiger partial charge in [-0.1, -0.05) is 13.0 Å². The fourth-order valence-corrected chi connectivity index (χ4v) is 1.24. The van der Waals surface area contributed by atoms with Gasteiger partial charge in [0.15, 0.2) is 0 Å². The molecule has 0 atom stereocenters. The highest BCUT2D eigenvalue weighted by Crippen LogP contribution is 1.93. The molecule has 0 aliphatic heterocycles. The number of nitrogens with zero attached hydrogens (tertiary/aromatic N) is 1. The summed E-state index contributed by atoms with van der Waals surface area (Å²) in [5, 5.41) is 5.43. The number of carbonyl (C=O) groups is 1. The maximum absolute atomic E-state index is 11.2. The van der Waals surface area contributed by atoms with E-state index in [9.17, 15) is 9.59 Å². The van der Waals surface area contributed by atoms with E-state index >= 15 is 0 Å². The van der Waals surface area contributed by atoms with Crippen molar-refractivity contribution in [3.8, 4) is 0 Å². The van der Waals surface area contributed by atoms with Crippen molar-refractivity contribution in [3.63, 3.8) is 0 Å². The van der Waals surface area contributed by atoms with Crippen LogP contribution >= 0.6 is 0 Å². The van der Waals surface area contributed by atoms with Crippen LogP contribution in [-0.4, -0.2) is 17.1 Å². The first-order valence-electron chi connectivity index (χ1n) is 5.30. The molecular weight excluding hydrogens is 206 g/mol. The predicted octanol–water partition coefficient (Wildman–Crippen LogP) is 0.594. The Labute approximate surface area is 94.5 Å². The van der Waals surface area contributed by atoms with Crippen molar-refractivity contribution in [1.82, 2.24) is 15.2 Å². The minimum atomic E-state index is -0.185. The number of pyridine rings is 1. The molecule has 1 aromatic heterocycles. The number of hydrogen-bond donors (Lipinski definition) is 2. The predicted molar refractivity (Wildman–Crippen MR) is 62.2 cm³/mol. The summed E-state index contributed by atoms with van der Waals surface area (Å²) in [6, 6.07) is 3.01. The van der Waals surface area contributed by atoms with Gasteiger partial charge in [0.1, 0.15) is 0 Å². The molecule has 16 heavy (non-hydrogen) atoms. The maximum Gasteiger partial charge on any atom is 0.315 e. The van der Waals surface area contributed by atoms with Crippen LogP contribution < -0.4 is 16.2 Å². The van der Waals surface area contributed by atoms with Gasteiger partial charge < -0.3 is 15.2 Å². The van der Waals surface area contributed by atoms with Crippen molar-refractivity contribution < 1.29 is 4.79 Å². The van der Waals surface area contributed by atoms with Gasteiger partial charge in [0.25, 0.3) is 0 Å². The summed E-state index contributed by atoms with van der Waals surface area (Å²) in [4.78, 5) is 22.4. The second-order valence-electron chi connectivity index (χ2n) is 3.60. The van der Waals surface area contributed by atoms with Gasteiger partial charge in [-0.2, -0.15) is 0 Å². The van der Waals surface area contributed by atoms with Crippen LogP contribution in [0.5, 0.6) is 0 Å². The highest BCUT2D eigenvalue weighted by atomic mass is 16.2. The SMILES string of the molecule is CCCNC(=O)NCc1ccc(=O)n(C)c1. The third-order valence-corrected chi connectivity index (χ3v) is 2.14. The van der Waals surface area contributed by atoms with Gasteiger partial charge >= 0.3 is 6.03 Å². The minimum Gasteiger partial charge on any atom is -0.338 e. The molecule has 2 N–H and O–H groups in total. The first kappa shape index (κ1) is 12.3. The van der Waals surface area contributed by atoms with Crippen molar-refractivity contribution in [1.29, 1.82) is 0 Å². The fraction of sp³-hybridized carbons (Fsp3) is 0.455. The fourth-order valence-electron chi connectivity index (χ4n) is 1.24. The number of aryl methyl sites for hydroxylation is 1. The van der Waals surface area contributed by atoms with Crippen molar-refractivity contribution >= 4 is 6.03 Å². The molecule has 0 bridgehead atoms. The summed E-state index contributed by atoms with van der Waals surface area (Å²) in [5.41, 5.74) is 0.841. The molecule has 0 aromatic carbocycles. The van der Waals surface area contributed by atoms with E-state index in [-0.39, 0.29) is 11.6 Å². The van der Waals surface area contributed by atoms with E-state index in [0.717, 1.165) is 12.0 Å². The van der Waals surface area contributed by atoms with Gasteiger partial charge in [0.05, 0.1) is 0 Å². The Balaban J connectivity index is 2.45. The second-order valence-corrected chi connectivity index (χ2v) is 3.60. The van der Waals surface area contributed by atoms with Crippen LogP contribution in [0.4, 0.5) is 4.79 Å². The molecule has 0 unspecified atom stereocenters. The van der Waals surface area contributed by atoms with Crippen molar-refractivity contribution in [2.45, 2.75) is 19.9 Å². The summed E-state index contributed by atoms with van der Waals surface area (Å²) in [5.74, 6) is 0. The van der Waals surface area contributed by atoms with E-state index in [4.69, 9.17) is 0 Å². The first-order valence-corrected chi connectivity index (χ1v) is 5.30. The van der Waals surface area contributed by atoms with Gasteiger partial charge in [0.2, 0.25) is 5.56 Å². The average Bonchev–Trinajstić information content (AvgIpc) is 2.28. The molecule has 5 nitrogen and oxygen atoms in total. The van der Waals surface area contributed by atoms with Crippen LogP contribution in [0.2, 0.25) is 0 Å². The Morgan fingerprint density at radius 3 is 2.75 bits per heavy atom. The van der Waals surface area contributed by atoms with Crippen molar-refractivity contribution in [3.05, 3.63) is 34.2 Å². The molecule has 0 spiro atoms. The standard InChI is InChI=1S/C11H17N3O2/c1-3-6-12-11(16)13-7-9-4-5-10(15)14(2)8-9/h4-5,8H,3,6-7H2,1-2H3,(H2,12,13,16). The van der Waals surface area contributed by atoms with Crippen molar-refractivity contribution in [2.75, 3.05) is 6.54 Å². The van der Waals surface area contributed by atoms with Crippen molar-refractivity contribution in [2.24, 2.45) is 7.05 Å². The molecule has 88 valence electrons. The normalized spacial score (nSPS) is 9.88. The summed E-state index contributed by atoms with van der Waals surface area (Å²) in [7, 11) is 1.68. The molecular formula is C11H17N3O2. The second kappa shape index (κ2) is 5.95. The Kier molecular flexibility index (Phi) is 4.57. The topological polar surface area (TPSA) is 63.1 Å². The lowest BCUT2D eigenvalue weighted by molar-refractivity contribution is 0.240. The molecule has 0 aliphatic rings. The summed E-state index contributed by atoms with van der Waals surface area (Å²) >= 11 is 0. The van der Waals surface area contributed by atoms with Crippen LogP contribution in [0.25, 0.3) is 0 Å². The van der Waals surface area contributed by atoms with E-state index in [1.807, 2.05) is 6.92 Å². The number of hydrogen-bond acceptors (Lipinski definition) is 2. The summed E-state index contributed by atoms with van der Waals surface area (Å²) < 4.78 is 1.49. The maximum atomic E-state index is 11.2. The third-order valence-electron chi connectivity index (χ3n) is 2.14. The number of carbonyl (C=O) groups excluding carboxylic acids is 1. The monoisotopic (exact) mass is 223 g/mol. The lowest BCUT2D eigenvalue weighted by Crippen LogP contribution is -2.35. The molecule has 5 heteroatoms. The van der Waals surface area contributed by atoms with Crippen LogP contribution in [0.1, 0.15) is 18.9 Å². The van der Waals surface area contributed by atoms with Gasteiger partial charge in [-0.3, -0.25) is 4.79 Å². The van der Waals surface area contributed by atoms with E-state index in [2.05, 4.69) is 10.6 Å². The molecule has 1 rings (SSSR count). The number of rotatable bonds is 4. The molecule has 1 heterocycles. The lowest BCUT2D eigenvalue weighted by atomic mass is 10.3. The molecule has 0 aliphatic carbocycles. The smallest absolute Gasteiger partial charge is 0.315 e. The molecule has 1 aromatic rings. The quantitative estimate of drug-likeness (QED) is 0.785. The third kappa shape index (κ3) is 3.76. The summed E-state index contributed by atoms with van der Waals surface area (Å²) in [6.45, 7) is 3.08. The molecule has 0 saturated carbocycles. The van der Waals surface area contributed by atoms with E-state index < -0.39 is 0 Å². The number of amides is 2. The van der Waals surface area contributed by atoms with Gasteiger partial charge in [0, 0.05) is 32.4 Å². The van der Waals surface area contributed by atoms with Crippen LogP contribution in [0.3, 0.4) is 0 Å². The van der Waals surface area contributed by atoms with Gasteiger partial charge in [-0.05, 0) is 12.0 Å². The van der Waals surface area contributed by atoms with Gasteiger partial charge in [-0.25, -0.2) is 4.79 Å². The Morgan fingerprint density at radius 1 is 1.38 bits per heavy atom. The van der Waals surface area contributed by atoms with Gasteiger partial charge in [-0.15, -0.1) is 0 Å².